The lowest BCUT2D eigenvalue weighted by molar-refractivity contribution is 0.0256. The molecule has 0 spiro atoms. The maximum Gasteiger partial charge on any atom is 0.340 e. The van der Waals surface area contributed by atoms with Crippen LogP contribution in [-0.2, 0) is 6.54 Å². The number of hydrogen-bond acceptors (Lipinski definition) is 6. The van der Waals surface area contributed by atoms with Gasteiger partial charge in [0.2, 0.25) is 0 Å². The first-order valence-electron chi connectivity index (χ1n) is 10.3. The highest BCUT2D eigenvalue weighted by Crippen LogP contribution is 2.27. The van der Waals surface area contributed by atoms with Gasteiger partial charge in [-0.05, 0) is 42.0 Å². The molecule has 1 N–H and O–H groups in total. The number of carboxylic acid groups (broad SMARTS) is 1. The quantitative estimate of drug-likeness (QED) is 0.601. The number of carboxylic acids is 1. The number of piperazine rings is 1. The number of methoxy groups -OCH3 is 1. The second-order valence-corrected chi connectivity index (χ2v) is 8.95. The Morgan fingerprint density at radius 1 is 1.16 bits per heavy atom. The van der Waals surface area contributed by atoms with Crippen molar-refractivity contribution in [1.82, 2.24) is 9.80 Å². The van der Waals surface area contributed by atoms with Crippen molar-refractivity contribution in [3.8, 4) is 5.75 Å². The number of aldehydes is 1. The maximum atomic E-state index is 11.4. The fourth-order valence-corrected chi connectivity index (χ4v) is 4.69. The van der Waals surface area contributed by atoms with E-state index in [1.54, 1.807) is 12.1 Å². The summed E-state index contributed by atoms with van der Waals surface area (Å²) in [6, 6.07) is 12.4. The van der Waals surface area contributed by atoms with Crippen LogP contribution in [0.2, 0.25) is 0 Å². The lowest BCUT2D eigenvalue weighted by Crippen LogP contribution is -2.62. The maximum absolute atomic E-state index is 11.4. The van der Waals surface area contributed by atoms with E-state index in [1.165, 1.54) is 12.8 Å². The molecule has 2 aliphatic rings. The number of carbonyl (C=O) groups is 2. The Kier molecular flexibility index (Phi) is 6.60. The van der Waals surface area contributed by atoms with Crippen molar-refractivity contribution < 1.29 is 19.4 Å². The van der Waals surface area contributed by atoms with Crippen LogP contribution < -0.4 is 9.64 Å². The van der Waals surface area contributed by atoms with Gasteiger partial charge in [-0.2, -0.15) is 0 Å². The number of rotatable bonds is 7. The van der Waals surface area contributed by atoms with Gasteiger partial charge in [-0.15, -0.1) is 0 Å². The van der Waals surface area contributed by atoms with E-state index in [4.69, 9.17) is 4.74 Å². The van der Waals surface area contributed by atoms with Gasteiger partial charge in [0.05, 0.1) is 7.11 Å². The summed E-state index contributed by atoms with van der Waals surface area (Å²) in [5, 5.41) is 9.36. The van der Waals surface area contributed by atoms with Crippen LogP contribution in [0.1, 0.15) is 26.3 Å². The van der Waals surface area contributed by atoms with E-state index in [0.29, 0.717) is 18.9 Å². The molecule has 0 unspecified atom stereocenters. The highest BCUT2D eigenvalue weighted by molar-refractivity contribution is 9.10. The van der Waals surface area contributed by atoms with Crippen molar-refractivity contribution in [2.24, 2.45) is 0 Å². The van der Waals surface area contributed by atoms with Crippen LogP contribution in [0.3, 0.4) is 0 Å². The van der Waals surface area contributed by atoms with Crippen LogP contribution >= 0.6 is 15.9 Å². The summed E-state index contributed by atoms with van der Waals surface area (Å²) in [4.78, 5) is 30.1. The number of hydrogen-bond donors (Lipinski definition) is 1. The molecule has 0 radical (unpaired) electrons. The van der Waals surface area contributed by atoms with Gasteiger partial charge in [-0.3, -0.25) is 14.6 Å². The molecule has 0 atom stereocenters. The lowest BCUT2D eigenvalue weighted by atomic mass is 10.0. The molecule has 4 rings (SSSR count). The molecule has 164 valence electrons. The third kappa shape index (κ3) is 4.76. The zero-order valence-electron chi connectivity index (χ0n) is 17.5. The molecular formula is C23H26BrN3O4. The minimum Gasteiger partial charge on any atom is -0.496 e. The molecule has 2 fully saturated rings. The molecule has 2 saturated heterocycles. The zero-order valence-corrected chi connectivity index (χ0v) is 19.0. The summed E-state index contributed by atoms with van der Waals surface area (Å²) in [5.74, 6) is -0.926. The van der Waals surface area contributed by atoms with Crippen molar-refractivity contribution in [2.75, 3.05) is 51.3 Å². The van der Waals surface area contributed by atoms with Crippen LogP contribution in [-0.4, -0.2) is 79.6 Å². The average molecular weight is 488 g/mol. The number of anilines is 1. The number of likely N-dealkylation sites (tertiary alicyclic amines) is 1. The van der Waals surface area contributed by atoms with Crippen molar-refractivity contribution in [1.29, 1.82) is 0 Å². The molecule has 2 aromatic rings. The Balaban J connectivity index is 1.31. The van der Waals surface area contributed by atoms with Gasteiger partial charge in [-0.1, -0.05) is 15.9 Å². The van der Waals surface area contributed by atoms with E-state index in [-0.39, 0.29) is 16.9 Å². The number of benzene rings is 2. The molecule has 0 saturated carbocycles. The molecular weight excluding hydrogens is 462 g/mol. The highest BCUT2D eigenvalue weighted by Gasteiger charge is 2.33. The second-order valence-electron chi connectivity index (χ2n) is 8.03. The Morgan fingerprint density at radius 2 is 1.84 bits per heavy atom. The summed E-state index contributed by atoms with van der Waals surface area (Å²) < 4.78 is 6.32. The minimum atomic E-state index is -1.16. The van der Waals surface area contributed by atoms with Gasteiger partial charge in [-0.25, -0.2) is 4.79 Å². The summed E-state index contributed by atoms with van der Waals surface area (Å²) in [7, 11) is 1.42. The Morgan fingerprint density at radius 3 is 2.42 bits per heavy atom. The summed E-state index contributed by atoms with van der Waals surface area (Å²) in [5.41, 5.74) is 2.24. The molecule has 0 bridgehead atoms. The van der Waals surface area contributed by atoms with E-state index in [2.05, 4.69) is 54.9 Å². The van der Waals surface area contributed by atoms with Gasteiger partial charge in [0.25, 0.3) is 0 Å². The third-order valence-electron chi connectivity index (χ3n) is 6.12. The Bertz CT molecular complexity index is 952. The summed E-state index contributed by atoms with van der Waals surface area (Å²) >= 11 is 3.49. The first kappa shape index (κ1) is 21.8. The number of aromatic carboxylic acids is 1. The van der Waals surface area contributed by atoms with Gasteiger partial charge in [0.1, 0.15) is 11.3 Å². The van der Waals surface area contributed by atoms with Crippen LogP contribution in [0, 0.1) is 0 Å². The predicted octanol–water partition coefficient (Wildman–Crippen LogP) is 2.97. The van der Waals surface area contributed by atoms with Crippen molar-refractivity contribution in [2.45, 2.75) is 12.6 Å². The number of ether oxygens (including phenoxy) is 1. The number of halogens is 1. The number of nitrogens with zero attached hydrogens (tertiary/aromatic N) is 3. The molecule has 2 aliphatic heterocycles. The third-order valence-corrected chi connectivity index (χ3v) is 6.65. The highest BCUT2D eigenvalue weighted by atomic mass is 79.9. The topological polar surface area (TPSA) is 73.3 Å². The van der Waals surface area contributed by atoms with Gasteiger partial charge < -0.3 is 14.7 Å². The van der Waals surface area contributed by atoms with E-state index in [9.17, 15) is 14.7 Å². The van der Waals surface area contributed by atoms with E-state index in [1.807, 2.05) is 0 Å². The van der Waals surface area contributed by atoms with Gasteiger partial charge >= 0.3 is 5.97 Å². The summed E-state index contributed by atoms with van der Waals surface area (Å²) in [6.07, 6.45) is 0.583. The molecule has 2 aromatic carbocycles. The smallest absolute Gasteiger partial charge is 0.340 e. The molecule has 8 heteroatoms. The Hall–Kier alpha value is -2.42. The second kappa shape index (κ2) is 9.38. The van der Waals surface area contributed by atoms with Crippen LogP contribution in [0.25, 0.3) is 0 Å². The molecule has 31 heavy (non-hydrogen) atoms. The minimum absolute atomic E-state index is 0.0774. The standard InChI is InChI=1S/C23H26BrN3O4/c1-31-21-11-16(10-17(15-28)22(21)23(29)30)12-25-13-20(14-25)27-8-6-26(7-9-27)19-4-2-18(24)3-5-19/h2-5,10-11,15,20H,6-9,12-14H2,1H3,(H,29,30). The van der Waals surface area contributed by atoms with Crippen molar-refractivity contribution in [3.05, 3.63) is 57.6 Å². The summed E-state index contributed by atoms with van der Waals surface area (Å²) in [6.45, 7) is 6.75. The van der Waals surface area contributed by atoms with E-state index in [0.717, 1.165) is 49.3 Å². The average Bonchev–Trinajstić information content (AvgIpc) is 2.75. The van der Waals surface area contributed by atoms with Crippen molar-refractivity contribution >= 4 is 33.9 Å². The van der Waals surface area contributed by atoms with Gasteiger partial charge in [0.15, 0.2) is 6.29 Å². The van der Waals surface area contributed by atoms with E-state index < -0.39 is 5.97 Å². The molecule has 2 heterocycles. The molecule has 0 aromatic heterocycles. The van der Waals surface area contributed by atoms with Crippen LogP contribution in [0.5, 0.6) is 5.75 Å². The fraction of sp³-hybridized carbons (Fsp3) is 0.391. The molecule has 0 aliphatic carbocycles. The van der Waals surface area contributed by atoms with Crippen molar-refractivity contribution in [3.63, 3.8) is 0 Å². The largest absolute Gasteiger partial charge is 0.496 e. The van der Waals surface area contributed by atoms with Crippen LogP contribution in [0.4, 0.5) is 5.69 Å². The lowest BCUT2D eigenvalue weighted by Gasteiger charge is -2.48. The predicted molar refractivity (Wildman–Crippen MR) is 122 cm³/mol. The SMILES string of the molecule is COc1cc(CN2CC(N3CCN(c4ccc(Br)cc4)CC3)C2)cc(C=O)c1C(=O)O. The molecule has 0 amide bonds. The first-order chi connectivity index (χ1) is 15.0. The van der Waals surface area contributed by atoms with Gasteiger partial charge in [0, 0.05) is 67.6 Å². The van der Waals surface area contributed by atoms with E-state index >= 15 is 0 Å². The number of carbonyl (C=O) groups excluding carboxylic acids is 1. The zero-order chi connectivity index (χ0) is 22.0. The fourth-order valence-electron chi connectivity index (χ4n) is 4.43. The van der Waals surface area contributed by atoms with Crippen LogP contribution in [0.15, 0.2) is 40.9 Å². The first-order valence-corrected chi connectivity index (χ1v) is 11.1. The molecule has 7 nitrogen and oxygen atoms in total. The normalized spacial score (nSPS) is 17.9. The monoisotopic (exact) mass is 487 g/mol. The Labute approximate surface area is 190 Å².